The molecule has 0 heterocycles. The van der Waals surface area contributed by atoms with E-state index in [1.807, 2.05) is 0 Å². The minimum Gasteiger partial charge on any atom is -0.395 e. The van der Waals surface area contributed by atoms with E-state index in [2.05, 4.69) is 22.5 Å². The second-order valence-electron chi connectivity index (χ2n) is 3.45. The molecule has 4 nitrogen and oxygen atoms in total. The average Bonchev–Trinajstić information content (AvgIpc) is 2.32. The van der Waals surface area contributed by atoms with Gasteiger partial charge in [0.05, 0.1) is 16.0 Å². The molecule has 0 radical (unpaired) electrons. The monoisotopic (exact) mass is 337 g/mol. The fraction of sp³-hybridized carbons (Fsp3) is 0.273. The van der Waals surface area contributed by atoms with Crippen molar-refractivity contribution in [1.82, 2.24) is 4.31 Å². The van der Waals surface area contributed by atoms with E-state index in [1.165, 1.54) is 18.2 Å². The molecule has 0 unspecified atom stereocenters. The number of aliphatic hydroxyl groups is 1. The zero-order chi connectivity index (χ0) is 13.8. The average molecular weight is 338 g/mol. The van der Waals surface area contributed by atoms with Crippen molar-refractivity contribution in [2.45, 2.75) is 4.90 Å². The van der Waals surface area contributed by atoms with Crippen LogP contribution in [0.1, 0.15) is 0 Å². The van der Waals surface area contributed by atoms with Crippen molar-refractivity contribution in [2.75, 3.05) is 19.7 Å². The number of benzene rings is 1. The maximum absolute atomic E-state index is 13.1. The molecule has 0 fully saturated rings. The third kappa shape index (κ3) is 3.38. The summed E-state index contributed by atoms with van der Waals surface area (Å²) in [7, 11) is -3.76. The SMILES string of the molecule is C=CCN(CCO)S(=O)(=O)c1ccc(F)c(Br)c1. The van der Waals surface area contributed by atoms with E-state index in [0.717, 1.165) is 10.4 Å². The van der Waals surface area contributed by atoms with Crippen molar-refractivity contribution in [3.63, 3.8) is 0 Å². The predicted octanol–water partition coefficient (Wildman–Crippen LogP) is 1.76. The number of nitrogens with zero attached hydrogens (tertiary/aromatic N) is 1. The van der Waals surface area contributed by atoms with E-state index in [-0.39, 0.29) is 29.1 Å². The minimum atomic E-state index is -3.76. The summed E-state index contributed by atoms with van der Waals surface area (Å²) in [5.41, 5.74) is 0. The summed E-state index contributed by atoms with van der Waals surface area (Å²) < 4.78 is 38.6. The standard InChI is InChI=1S/C11H13BrFNO3S/c1-2-5-14(6-7-15)18(16,17)9-3-4-11(13)10(12)8-9/h2-4,8,15H,1,5-7H2. The number of halogens is 2. The Morgan fingerprint density at radius 1 is 1.50 bits per heavy atom. The van der Waals surface area contributed by atoms with E-state index >= 15 is 0 Å². The first kappa shape index (κ1) is 15.3. The Bertz CT molecular complexity index is 533. The van der Waals surface area contributed by atoms with Gasteiger partial charge in [-0.15, -0.1) is 6.58 Å². The van der Waals surface area contributed by atoms with Crippen LogP contribution in [0.4, 0.5) is 4.39 Å². The predicted molar refractivity (Wildman–Crippen MR) is 70.1 cm³/mol. The van der Waals surface area contributed by atoms with Gasteiger partial charge in [-0.1, -0.05) is 6.08 Å². The Morgan fingerprint density at radius 2 is 2.17 bits per heavy atom. The molecule has 0 aliphatic carbocycles. The zero-order valence-electron chi connectivity index (χ0n) is 9.51. The van der Waals surface area contributed by atoms with Gasteiger partial charge in [0.1, 0.15) is 5.82 Å². The van der Waals surface area contributed by atoms with E-state index in [0.29, 0.717) is 0 Å². The summed E-state index contributed by atoms with van der Waals surface area (Å²) in [5, 5.41) is 8.86. The summed E-state index contributed by atoms with van der Waals surface area (Å²) in [4.78, 5) is -0.0360. The minimum absolute atomic E-state index is 0.0360. The van der Waals surface area contributed by atoms with Crippen LogP contribution >= 0.6 is 15.9 Å². The van der Waals surface area contributed by atoms with Crippen molar-refractivity contribution in [3.05, 3.63) is 41.1 Å². The van der Waals surface area contributed by atoms with Gasteiger partial charge >= 0.3 is 0 Å². The fourth-order valence-electron chi connectivity index (χ4n) is 1.35. The first-order valence-corrected chi connectivity index (χ1v) is 7.33. The molecule has 1 aromatic carbocycles. The second kappa shape index (κ2) is 6.42. The summed E-state index contributed by atoms with van der Waals surface area (Å²) >= 11 is 2.94. The van der Waals surface area contributed by atoms with Crippen molar-refractivity contribution >= 4 is 26.0 Å². The molecular formula is C11H13BrFNO3S. The highest BCUT2D eigenvalue weighted by Gasteiger charge is 2.23. The van der Waals surface area contributed by atoms with E-state index in [9.17, 15) is 12.8 Å². The van der Waals surface area contributed by atoms with Crippen LogP contribution in [0.25, 0.3) is 0 Å². The van der Waals surface area contributed by atoms with Gasteiger partial charge in [-0.3, -0.25) is 0 Å². The third-order valence-corrected chi connectivity index (χ3v) is 4.68. The summed E-state index contributed by atoms with van der Waals surface area (Å²) in [5.74, 6) is -0.536. The smallest absolute Gasteiger partial charge is 0.243 e. The van der Waals surface area contributed by atoms with Gasteiger partial charge < -0.3 is 5.11 Å². The molecule has 0 spiro atoms. The number of hydrogen-bond acceptors (Lipinski definition) is 3. The first-order valence-electron chi connectivity index (χ1n) is 5.10. The summed E-state index contributed by atoms with van der Waals surface area (Å²) in [6.07, 6.45) is 1.42. The van der Waals surface area contributed by atoms with Crippen molar-refractivity contribution < 1.29 is 17.9 Å². The molecule has 18 heavy (non-hydrogen) atoms. The molecule has 0 atom stereocenters. The molecule has 0 aliphatic rings. The number of aliphatic hydroxyl groups excluding tert-OH is 1. The van der Waals surface area contributed by atoms with E-state index < -0.39 is 15.8 Å². The molecule has 1 rings (SSSR count). The highest BCUT2D eigenvalue weighted by Crippen LogP contribution is 2.22. The molecule has 7 heteroatoms. The van der Waals surface area contributed by atoms with Crippen LogP contribution in [0.15, 0.2) is 40.2 Å². The Labute approximate surface area is 114 Å². The largest absolute Gasteiger partial charge is 0.395 e. The van der Waals surface area contributed by atoms with Gasteiger partial charge in [-0.2, -0.15) is 4.31 Å². The number of hydrogen-bond donors (Lipinski definition) is 1. The molecule has 100 valence electrons. The molecule has 1 aromatic rings. The third-order valence-electron chi connectivity index (χ3n) is 2.21. The van der Waals surface area contributed by atoms with Crippen molar-refractivity contribution in [2.24, 2.45) is 0 Å². The molecule has 0 bridgehead atoms. The van der Waals surface area contributed by atoms with Gasteiger partial charge in [-0.05, 0) is 34.1 Å². The normalized spacial score (nSPS) is 11.8. The quantitative estimate of drug-likeness (QED) is 0.804. The lowest BCUT2D eigenvalue weighted by atomic mass is 10.3. The Morgan fingerprint density at radius 3 is 2.67 bits per heavy atom. The maximum Gasteiger partial charge on any atom is 0.243 e. The molecule has 0 amide bonds. The van der Waals surface area contributed by atoms with Crippen LogP contribution in [0.3, 0.4) is 0 Å². The molecule has 0 saturated carbocycles. The topological polar surface area (TPSA) is 57.6 Å². The molecule has 0 aromatic heterocycles. The molecular weight excluding hydrogens is 325 g/mol. The van der Waals surface area contributed by atoms with E-state index in [1.54, 1.807) is 0 Å². The van der Waals surface area contributed by atoms with Crippen LogP contribution in [-0.2, 0) is 10.0 Å². The Kier molecular flexibility index (Phi) is 5.46. The van der Waals surface area contributed by atoms with Gasteiger partial charge in [0.25, 0.3) is 0 Å². The maximum atomic E-state index is 13.1. The van der Waals surface area contributed by atoms with Crippen molar-refractivity contribution in [1.29, 1.82) is 0 Å². The molecule has 0 saturated heterocycles. The molecule has 0 aliphatic heterocycles. The number of rotatable bonds is 6. The van der Waals surface area contributed by atoms with Gasteiger partial charge in [0, 0.05) is 13.1 Å². The highest BCUT2D eigenvalue weighted by atomic mass is 79.9. The lowest BCUT2D eigenvalue weighted by Gasteiger charge is -2.19. The summed E-state index contributed by atoms with van der Waals surface area (Å²) in [6, 6.07) is 3.45. The Hall–Kier alpha value is -0.760. The number of sulfonamides is 1. The lowest BCUT2D eigenvalue weighted by Crippen LogP contribution is -2.33. The van der Waals surface area contributed by atoms with Gasteiger partial charge in [-0.25, -0.2) is 12.8 Å². The van der Waals surface area contributed by atoms with Crippen LogP contribution in [0.5, 0.6) is 0 Å². The van der Waals surface area contributed by atoms with Crippen LogP contribution in [-0.4, -0.2) is 37.5 Å². The lowest BCUT2D eigenvalue weighted by molar-refractivity contribution is 0.260. The highest BCUT2D eigenvalue weighted by molar-refractivity contribution is 9.10. The van der Waals surface area contributed by atoms with Crippen LogP contribution in [0.2, 0.25) is 0 Å². The molecule has 1 N–H and O–H groups in total. The van der Waals surface area contributed by atoms with Crippen LogP contribution in [0, 0.1) is 5.82 Å². The van der Waals surface area contributed by atoms with E-state index in [4.69, 9.17) is 5.11 Å². The fourth-order valence-corrected chi connectivity index (χ4v) is 3.31. The first-order chi connectivity index (χ1) is 8.43. The van der Waals surface area contributed by atoms with Crippen molar-refractivity contribution in [3.8, 4) is 0 Å². The van der Waals surface area contributed by atoms with Gasteiger partial charge in [0.2, 0.25) is 10.0 Å². The summed E-state index contributed by atoms with van der Waals surface area (Å²) in [6.45, 7) is 3.21. The Balaban J connectivity index is 3.17. The van der Waals surface area contributed by atoms with Gasteiger partial charge in [0.15, 0.2) is 0 Å². The van der Waals surface area contributed by atoms with Crippen LogP contribution < -0.4 is 0 Å². The zero-order valence-corrected chi connectivity index (χ0v) is 11.9. The second-order valence-corrected chi connectivity index (χ2v) is 6.24.